The summed E-state index contributed by atoms with van der Waals surface area (Å²) in [5.74, 6) is 0.612. The lowest BCUT2D eigenvalue weighted by Gasteiger charge is -2.20. The maximum atomic E-state index is 12.8. The van der Waals surface area contributed by atoms with Crippen LogP contribution in [0.25, 0.3) is 11.8 Å². The Hall–Kier alpha value is -3.65. The maximum absolute atomic E-state index is 12.8. The second-order valence-electron chi connectivity index (χ2n) is 8.31. The molecular weight excluding hydrogens is 434 g/mol. The highest BCUT2D eigenvalue weighted by Gasteiger charge is 2.36. The molecular formula is C25H23N5O2S. The number of carbonyl (C=O) groups excluding carboxylic acids is 1. The van der Waals surface area contributed by atoms with Gasteiger partial charge in [0.25, 0.3) is 5.91 Å². The number of aromatic nitrogens is 1. The van der Waals surface area contributed by atoms with E-state index in [1.54, 1.807) is 24.5 Å². The molecule has 7 nitrogen and oxygen atoms in total. The van der Waals surface area contributed by atoms with Crippen LogP contribution in [-0.4, -0.2) is 31.5 Å². The molecule has 0 radical (unpaired) electrons. The number of benzene rings is 1. The standard InChI is InChI=1S/C25H23N5O2S/c1-14(2)17-7-9-19(10-8-17)29-15(3)12-18(16(29)4)13-20-22(26)30-25(27-23(20)31)33-24(28-30)21-6-5-11-32-21/h5-14,26H,1-4H3/b20-13+,26-22?. The van der Waals surface area contributed by atoms with E-state index in [4.69, 9.17) is 9.83 Å². The zero-order valence-electron chi connectivity index (χ0n) is 18.8. The summed E-state index contributed by atoms with van der Waals surface area (Å²) in [4.78, 5) is 17.0. The molecule has 8 heteroatoms. The molecule has 1 amide bonds. The Labute approximate surface area is 196 Å². The first-order valence-electron chi connectivity index (χ1n) is 10.7. The summed E-state index contributed by atoms with van der Waals surface area (Å²) in [6.07, 6.45) is 3.29. The molecule has 0 fully saturated rings. The van der Waals surface area contributed by atoms with Gasteiger partial charge in [-0.2, -0.15) is 15.1 Å². The molecule has 0 bridgehead atoms. The lowest BCUT2D eigenvalue weighted by Crippen LogP contribution is -2.35. The van der Waals surface area contributed by atoms with Crippen molar-refractivity contribution < 1.29 is 9.21 Å². The number of nitrogens with one attached hydrogen (secondary N) is 1. The normalized spacial score (nSPS) is 17.1. The average Bonchev–Trinajstić information content (AvgIpc) is 3.51. The van der Waals surface area contributed by atoms with Crippen LogP contribution in [-0.2, 0) is 4.79 Å². The van der Waals surface area contributed by atoms with Gasteiger partial charge in [0.05, 0.1) is 11.8 Å². The fourth-order valence-corrected chi connectivity index (χ4v) is 4.85. The molecule has 2 aliphatic heterocycles. The fourth-order valence-electron chi connectivity index (χ4n) is 3.99. The van der Waals surface area contributed by atoms with Crippen LogP contribution in [0.15, 0.2) is 68.8 Å². The van der Waals surface area contributed by atoms with E-state index in [2.05, 4.69) is 52.8 Å². The minimum atomic E-state index is -0.444. The van der Waals surface area contributed by atoms with E-state index in [0.29, 0.717) is 21.9 Å². The van der Waals surface area contributed by atoms with Gasteiger partial charge in [-0.15, -0.1) is 0 Å². The van der Waals surface area contributed by atoms with Crippen LogP contribution < -0.4 is 0 Å². The molecule has 5 rings (SSSR count). The average molecular weight is 458 g/mol. The quantitative estimate of drug-likeness (QED) is 0.526. The summed E-state index contributed by atoms with van der Waals surface area (Å²) < 4.78 is 7.55. The van der Waals surface area contributed by atoms with E-state index in [1.807, 2.05) is 19.9 Å². The number of fused-ring (bicyclic) bond motifs is 1. The zero-order valence-corrected chi connectivity index (χ0v) is 19.6. The molecule has 0 saturated carbocycles. The van der Waals surface area contributed by atoms with Gasteiger partial charge in [0.2, 0.25) is 5.17 Å². The molecule has 3 aromatic rings. The molecule has 1 N–H and O–H groups in total. The third-order valence-electron chi connectivity index (χ3n) is 5.77. The summed E-state index contributed by atoms with van der Waals surface area (Å²) in [6.45, 7) is 8.40. The Balaban J connectivity index is 1.49. The molecule has 4 heterocycles. The van der Waals surface area contributed by atoms with Crippen LogP contribution >= 0.6 is 11.8 Å². The smallest absolute Gasteiger partial charge is 0.283 e. The summed E-state index contributed by atoms with van der Waals surface area (Å²) in [6, 6.07) is 14.1. The molecule has 0 saturated heterocycles. The topological polar surface area (TPSA) is 87.0 Å². The molecule has 0 aliphatic carbocycles. The number of hydrogen-bond donors (Lipinski definition) is 1. The van der Waals surface area contributed by atoms with Crippen LogP contribution in [0.1, 0.15) is 48.0 Å². The van der Waals surface area contributed by atoms with Crippen LogP contribution in [0.2, 0.25) is 0 Å². The number of thioether (sulfide) groups is 1. The van der Waals surface area contributed by atoms with Crippen LogP contribution in [0.4, 0.5) is 0 Å². The van der Waals surface area contributed by atoms with Crippen molar-refractivity contribution in [3.63, 3.8) is 0 Å². The van der Waals surface area contributed by atoms with E-state index in [1.165, 1.54) is 22.3 Å². The van der Waals surface area contributed by atoms with E-state index in [0.717, 1.165) is 22.6 Å². The first-order valence-corrected chi connectivity index (χ1v) is 11.5. The monoisotopic (exact) mass is 457 g/mol. The van der Waals surface area contributed by atoms with Crippen LogP contribution in [0.5, 0.6) is 0 Å². The molecule has 33 heavy (non-hydrogen) atoms. The Kier molecular flexibility index (Phi) is 5.17. The predicted octanol–water partition coefficient (Wildman–Crippen LogP) is 5.48. The van der Waals surface area contributed by atoms with Crippen molar-refractivity contribution >= 4 is 39.8 Å². The van der Waals surface area contributed by atoms with Crippen molar-refractivity contribution in [3.05, 3.63) is 82.6 Å². The number of rotatable bonds is 4. The lowest BCUT2D eigenvalue weighted by molar-refractivity contribution is -0.114. The third-order valence-corrected chi connectivity index (χ3v) is 6.70. The number of amidine groups is 2. The highest BCUT2D eigenvalue weighted by atomic mass is 32.2. The van der Waals surface area contributed by atoms with Crippen molar-refractivity contribution in [2.45, 2.75) is 33.6 Å². The number of hydrogen-bond acceptors (Lipinski definition) is 5. The minimum Gasteiger partial charge on any atom is -0.462 e. The van der Waals surface area contributed by atoms with Gasteiger partial charge in [-0.25, -0.2) is 0 Å². The number of aliphatic imine (C=N–C) groups is 1. The molecule has 166 valence electrons. The molecule has 2 aliphatic rings. The van der Waals surface area contributed by atoms with Gasteiger partial charge >= 0.3 is 0 Å². The summed E-state index contributed by atoms with van der Waals surface area (Å²) >= 11 is 1.22. The lowest BCUT2D eigenvalue weighted by atomic mass is 10.0. The Bertz CT molecular complexity index is 1360. The minimum absolute atomic E-state index is 0.00476. The van der Waals surface area contributed by atoms with Crippen molar-refractivity contribution in [2.75, 3.05) is 0 Å². The van der Waals surface area contributed by atoms with Gasteiger partial charge in [-0.1, -0.05) is 26.0 Å². The maximum Gasteiger partial charge on any atom is 0.283 e. The zero-order chi connectivity index (χ0) is 23.3. The number of aryl methyl sites for hydroxylation is 1. The Morgan fingerprint density at radius 1 is 1.15 bits per heavy atom. The number of nitrogens with zero attached hydrogens (tertiary/aromatic N) is 4. The third kappa shape index (κ3) is 3.66. The summed E-state index contributed by atoms with van der Waals surface area (Å²) in [7, 11) is 0. The van der Waals surface area contributed by atoms with Gasteiger partial charge < -0.3 is 8.98 Å². The van der Waals surface area contributed by atoms with Gasteiger partial charge in [0.15, 0.2) is 16.6 Å². The van der Waals surface area contributed by atoms with E-state index < -0.39 is 5.91 Å². The second-order valence-corrected chi connectivity index (χ2v) is 9.27. The molecule has 0 atom stereocenters. The molecule has 0 unspecified atom stereocenters. The summed E-state index contributed by atoms with van der Waals surface area (Å²) in [5.41, 5.74) is 5.46. The van der Waals surface area contributed by atoms with Crippen molar-refractivity contribution in [1.29, 1.82) is 5.41 Å². The number of amides is 1. The molecule has 1 aromatic carbocycles. The highest BCUT2D eigenvalue weighted by molar-refractivity contribution is 8.27. The summed E-state index contributed by atoms with van der Waals surface area (Å²) in [5, 5.41) is 15.4. The van der Waals surface area contributed by atoms with Crippen molar-refractivity contribution in [2.24, 2.45) is 10.1 Å². The van der Waals surface area contributed by atoms with Crippen molar-refractivity contribution in [3.8, 4) is 5.69 Å². The number of hydrazone groups is 1. The number of carbonyl (C=O) groups is 1. The van der Waals surface area contributed by atoms with Gasteiger partial charge in [0, 0.05) is 17.1 Å². The van der Waals surface area contributed by atoms with Gasteiger partial charge in [-0.05, 0) is 79.1 Å². The van der Waals surface area contributed by atoms with E-state index in [-0.39, 0.29) is 11.4 Å². The van der Waals surface area contributed by atoms with Crippen LogP contribution in [0.3, 0.4) is 0 Å². The molecule has 0 spiro atoms. The largest absolute Gasteiger partial charge is 0.462 e. The van der Waals surface area contributed by atoms with E-state index >= 15 is 0 Å². The fraction of sp³-hybridized carbons (Fsp3) is 0.200. The second kappa shape index (κ2) is 8.04. The first kappa shape index (κ1) is 21.2. The van der Waals surface area contributed by atoms with Crippen molar-refractivity contribution in [1.82, 2.24) is 9.58 Å². The predicted molar refractivity (Wildman–Crippen MR) is 132 cm³/mol. The first-order chi connectivity index (χ1) is 15.8. The van der Waals surface area contributed by atoms with Gasteiger partial charge in [0.1, 0.15) is 0 Å². The van der Waals surface area contributed by atoms with Gasteiger partial charge in [-0.3, -0.25) is 10.2 Å². The highest BCUT2D eigenvalue weighted by Crippen LogP contribution is 2.32. The SMILES string of the molecule is Cc1cc(/C=C2\C(=N)N3N=C(c4ccco4)SC3=NC2=O)c(C)n1-c1ccc(C(C)C)cc1. The molecule has 2 aromatic heterocycles. The Morgan fingerprint density at radius 3 is 2.58 bits per heavy atom. The van der Waals surface area contributed by atoms with Crippen LogP contribution in [0, 0.1) is 19.3 Å². The number of furan rings is 1. The van der Waals surface area contributed by atoms with E-state index in [9.17, 15) is 4.79 Å². The Morgan fingerprint density at radius 2 is 1.91 bits per heavy atom.